The molecule has 1 aromatic carbocycles. The molecule has 1 saturated carbocycles. The number of aromatic nitrogens is 2. The minimum atomic E-state index is 0. The second-order valence-corrected chi connectivity index (χ2v) is 6.73. The summed E-state index contributed by atoms with van der Waals surface area (Å²) in [6.07, 6.45) is 6.48. The van der Waals surface area contributed by atoms with E-state index in [2.05, 4.69) is 32.7 Å². The van der Waals surface area contributed by atoms with E-state index in [0.29, 0.717) is 17.8 Å². The summed E-state index contributed by atoms with van der Waals surface area (Å²) in [6, 6.07) is 8.28. The van der Waals surface area contributed by atoms with E-state index in [-0.39, 0.29) is 24.0 Å². The molecule has 1 fully saturated rings. The molecule has 1 heterocycles. The van der Waals surface area contributed by atoms with E-state index in [0.717, 1.165) is 56.0 Å². The topological polar surface area (TPSA) is 84.6 Å². The normalized spacial score (nSPS) is 13.7. The van der Waals surface area contributed by atoms with Gasteiger partial charge in [0.1, 0.15) is 5.75 Å². The van der Waals surface area contributed by atoms with Crippen molar-refractivity contribution in [2.45, 2.75) is 51.5 Å². The summed E-state index contributed by atoms with van der Waals surface area (Å²) in [5.74, 6) is 3.07. The summed E-state index contributed by atoms with van der Waals surface area (Å²) < 4.78 is 10.5. The van der Waals surface area contributed by atoms with E-state index < -0.39 is 0 Å². The van der Waals surface area contributed by atoms with Crippen molar-refractivity contribution < 1.29 is 9.26 Å². The maximum absolute atomic E-state index is 5.36. The van der Waals surface area contributed by atoms with Crippen molar-refractivity contribution in [3.8, 4) is 17.1 Å². The van der Waals surface area contributed by atoms with Gasteiger partial charge in [0, 0.05) is 31.1 Å². The average Bonchev–Trinajstić information content (AvgIpc) is 3.39. The summed E-state index contributed by atoms with van der Waals surface area (Å²) in [4.78, 5) is 9.11. The standard InChI is InChI=1S/C20H29N5O2.HI/c1-3-21-20(23-16-10-11-16)22-14-6-4-5-7-18-24-19(25-27-18)15-8-12-17(26-2)13-9-15;/h8-9,12-13,16H,3-7,10-11,14H2,1-2H3,(H2,21,22,23);1H. The zero-order chi connectivity index (χ0) is 18.9. The lowest BCUT2D eigenvalue weighted by Gasteiger charge is -2.09. The third-order valence-corrected chi connectivity index (χ3v) is 4.40. The molecular formula is C20H30IN5O2. The van der Waals surface area contributed by atoms with Crippen LogP contribution < -0.4 is 15.4 Å². The summed E-state index contributed by atoms with van der Waals surface area (Å²) in [5, 5.41) is 10.8. The van der Waals surface area contributed by atoms with Gasteiger partial charge in [-0.15, -0.1) is 24.0 Å². The van der Waals surface area contributed by atoms with E-state index in [1.165, 1.54) is 12.8 Å². The first-order valence-electron chi connectivity index (χ1n) is 9.80. The Balaban J connectivity index is 0.00000280. The maximum atomic E-state index is 5.36. The molecule has 7 nitrogen and oxygen atoms in total. The van der Waals surface area contributed by atoms with Crippen LogP contribution >= 0.6 is 24.0 Å². The van der Waals surface area contributed by atoms with Gasteiger partial charge in [0.05, 0.1) is 7.11 Å². The first-order valence-corrected chi connectivity index (χ1v) is 9.80. The number of nitrogens with one attached hydrogen (secondary N) is 2. The average molecular weight is 499 g/mol. The van der Waals surface area contributed by atoms with Crippen LogP contribution in [0.1, 0.15) is 44.9 Å². The van der Waals surface area contributed by atoms with Crippen molar-refractivity contribution in [1.82, 2.24) is 20.8 Å². The SMILES string of the molecule is CCNC(=NCCCCCc1nc(-c2ccc(OC)cc2)no1)NC1CC1.I. The van der Waals surface area contributed by atoms with Gasteiger partial charge in [-0.2, -0.15) is 4.98 Å². The van der Waals surface area contributed by atoms with E-state index in [9.17, 15) is 0 Å². The summed E-state index contributed by atoms with van der Waals surface area (Å²) in [5.41, 5.74) is 0.930. The lowest BCUT2D eigenvalue weighted by molar-refractivity contribution is 0.374. The highest BCUT2D eigenvalue weighted by Crippen LogP contribution is 2.20. The number of aliphatic imine (C=N–C) groups is 1. The predicted molar refractivity (Wildman–Crippen MR) is 121 cm³/mol. The maximum Gasteiger partial charge on any atom is 0.226 e. The highest BCUT2D eigenvalue weighted by atomic mass is 127. The van der Waals surface area contributed by atoms with Crippen LogP contribution in [0.3, 0.4) is 0 Å². The summed E-state index contributed by atoms with van der Waals surface area (Å²) in [7, 11) is 1.65. The quantitative estimate of drug-likeness (QED) is 0.224. The van der Waals surface area contributed by atoms with Crippen LogP contribution in [-0.4, -0.2) is 42.3 Å². The van der Waals surface area contributed by atoms with Gasteiger partial charge in [-0.05, 0) is 56.9 Å². The zero-order valence-corrected chi connectivity index (χ0v) is 18.9. The monoisotopic (exact) mass is 499 g/mol. The lowest BCUT2D eigenvalue weighted by atomic mass is 10.2. The Labute approximate surface area is 183 Å². The minimum Gasteiger partial charge on any atom is -0.497 e. The third-order valence-electron chi connectivity index (χ3n) is 4.40. The number of hydrogen-bond acceptors (Lipinski definition) is 5. The van der Waals surface area contributed by atoms with Crippen LogP contribution in [-0.2, 0) is 6.42 Å². The second kappa shape index (κ2) is 11.9. The summed E-state index contributed by atoms with van der Waals surface area (Å²) >= 11 is 0. The lowest BCUT2D eigenvalue weighted by Crippen LogP contribution is -2.38. The van der Waals surface area contributed by atoms with E-state index in [1.807, 2.05) is 24.3 Å². The fourth-order valence-electron chi connectivity index (χ4n) is 2.71. The van der Waals surface area contributed by atoms with Crippen LogP contribution in [0.25, 0.3) is 11.4 Å². The van der Waals surface area contributed by atoms with Crippen molar-refractivity contribution in [1.29, 1.82) is 0 Å². The number of benzene rings is 1. The zero-order valence-electron chi connectivity index (χ0n) is 16.6. The first kappa shape index (κ1) is 22.4. The van der Waals surface area contributed by atoms with Crippen LogP contribution in [0, 0.1) is 0 Å². The molecule has 28 heavy (non-hydrogen) atoms. The van der Waals surface area contributed by atoms with Crippen molar-refractivity contribution in [2.24, 2.45) is 4.99 Å². The van der Waals surface area contributed by atoms with E-state index in [1.54, 1.807) is 7.11 Å². The number of nitrogens with zero attached hydrogens (tertiary/aromatic N) is 3. The molecular weight excluding hydrogens is 469 g/mol. The van der Waals surface area contributed by atoms with Gasteiger partial charge in [-0.3, -0.25) is 4.99 Å². The van der Waals surface area contributed by atoms with Crippen molar-refractivity contribution in [3.05, 3.63) is 30.2 Å². The highest BCUT2D eigenvalue weighted by molar-refractivity contribution is 14.0. The second-order valence-electron chi connectivity index (χ2n) is 6.73. The Bertz CT molecular complexity index is 728. The van der Waals surface area contributed by atoms with Gasteiger partial charge in [0.2, 0.25) is 11.7 Å². The van der Waals surface area contributed by atoms with Crippen LogP contribution in [0.2, 0.25) is 0 Å². The van der Waals surface area contributed by atoms with Crippen LogP contribution in [0.5, 0.6) is 5.75 Å². The third kappa shape index (κ3) is 7.29. The highest BCUT2D eigenvalue weighted by Gasteiger charge is 2.21. The molecule has 8 heteroatoms. The molecule has 2 aromatic rings. The van der Waals surface area contributed by atoms with Gasteiger partial charge >= 0.3 is 0 Å². The molecule has 154 valence electrons. The Hall–Kier alpha value is -1.84. The first-order chi connectivity index (χ1) is 13.3. The Morgan fingerprint density at radius 3 is 2.68 bits per heavy atom. The van der Waals surface area contributed by atoms with Crippen molar-refractivity contribution >= 4 is 29.9 Å². The van der Waals surface area contributed by atoms with Gasteiger partial charge < -0.3 is 19.9 Å². The van der Waals surface area contributed by atoms with Gasteiger partial charge in [-0.25, -0.2) is 0 Å². The molecule has 0 amide bonds. The van der Waals surface area contributed by atoms with Crippen molar-refractivity contribution in [3.63, 3.8) is 0 Å². The van der Waals surface area contributed by atoms with Crippen LogP contribution in [0.4, 0.5) is 0 Å². The Morgan fingerprint density at radius 1 is 1.21 bits per heavy atom. The number of methoxy groups -OCH3 is 1. The summed E-state index contributed by atoms with van der Waals surface area (Å²) in [6.45, 7) is 3.82. The Morgan fingerprint density at radius 2 is 2.00 bits per heavy atom. The van der Waals surface area contributed by atoms with Crippen molar-refractivity contribution in [2.75, 3.05) is 20.2 Å². The number of unbranched alkanes of at least 4 members (excludes halogenated alkanes) is 2. The molecule has 0 saturated heterocycles. The fourth-order valence-corrected chi connectivity index (χ4v) is 2.71. The van der Waals surface area contributed by atoms with Gasteiger partial charge in [-0.1, -0.05) is 11.6 Å². The van der Waals surface area contributed by atoms with E-state index in [4.69, 9.17) is 9.26 Å². The fraction of sp³-hybridized carbons (Fsp3) is 0.550. The molecule has 0 unspecified atom stereocenters. The molecule has 0 aliphatic heterocycles. The largest absolute Gasteiger partial charge is 0.497 e. The molecule has 1 aromatic heterocycles. The molecule has 1 aliphatic rings. The van der Waals surface area contributed by atoms with Crippen LogP contribution in [0.15, 0.2) is 33.8 Å². The number of halogens is 1. The smallest absolute Gasteiger partial charge is 0.226 e. The number of rotatable bonds is 10. The van der Waals surface area contributed by atoms with Gasteiger partial charge in [0.15, 0.2) is 5.96 Å². The van der Waals surface area contributed by atoms with E-state index >= 15 is 0 Å². The number of aryl methyl sites for hydroxylation is 1. The Kier molecular flexibility index (Phi) is 9.52. The molecule has 0 bridgehead atoms. The number of guanidine groups is 1. The predicted octanol–water partition coefficient (Wildman–Crippen LogP) is 3.79. The minimum absolute atomic E-state index is 0. The molecule has 0 spiro atoms. The molecule has 0 atom stereocenters. The molecule has 3 rings (SSSR count). The van der Waals surface area contributed by atoms with Gasteiger partial charge in [0.25, 0.3) is 0 Å². The molecule has 0 radical (unpaired) electrons. The molecule has 1 aliphatic carbocycles. The number of ether oxygens (including phenoxy) is 1. The number of hydrogen-bond donors (Lipinski definition) is 2. The molecule has 2 N–H and O–H groups in total.